The summed E-state index contributed by atoms with van der Waals surface area (Å²) >= 11 is 0. The zero-order chi connectivity index (χ0) is 15.3. The molecule has 2 aromatic heterocycles. The van der Waals surface area contributed by atoms with Crippen LogP contribution in [0.1, 0.15) is 5.56 Å². The van der Waals surface area contributed by atoms with Gasteiger partial charge >= 0.3 is 0 Å². The predicted octanol–water partition coefficient (Wildman–Crippen LogP) is 1.48. The third-order valence-electron chi connectivity index (χ3n) is 4.32. The number of halogens is 1. The van der Waals surface area contributed by atoms with Gasteiger partial charge in [-0.2, -0.15) is 0 Å². The minimum Gasteiger partial charge on any atom is -0.351 e. The monoisotopic (exact) mass is 300 g/mol. The first kappa shape index (κ1) is 13.4. The average molecular weight is 300 g/mol. The second kappa shape index (κ2) is 4.88. The lowest BCUT2D eigenvalue weighted by atomic mass is 10.2. The third-order valence-corrected chi connectivity index (χ3v) is 4.32. The van der Waals surface area contributed by atoms with E-state index in [-0.39, 0.29) is 5.82 Å². The van der Waals surface area contributed by atoms with Crippen molar-refractivity contribution in [2.75, 3.05) is 38.1 Å². The Labute approximate surface area is 127 Å². The van der Waals surface area contributed by atoms with Crippen LogP contribution in [0, 0.1) is 12.7 Å². The summed E-state index contributed by atoms with van der Waals surface area (Å²) < 4.78 is 16.3. The van der Waals surface area contributed by atoms with Gasteiger partial charge in [-0.25, -0.2) is 9.37 Å². The van der Waals surface area contributed by atoms with Gasteiger partial charge in [-0.3, -0.25) is 4.40 Å². The van der Waals surface area contributed by atoms with Gasteiger partial charge < -0.3 is 9.80 Å². The molecule has 3 heterocycles. The van der Waals surface area contributed by atoms with E-state index < -0.39 is 0 Å². The highest BCUT2D eigenvalue weighted by molar-refractivity contribution is 5.84. The van der Waals surface area contributed by atoms with Crippen molar-refractivity contribution in [1.82, 2.24) is 24.5 Å². The third kappa shape index (κ3) is 1.93. The largest absolute Gasteiger partial charge is 0.351 e. The summed E-state index contributed by atoms with van der Waals surface area (Å²) in [5.74, 6) is 0.436. The Morgan fingerprint density at radius 1 is 1.14 bits per heavy atom. The van der Waals surface area contributed by atoms with Crippen LogP contribution in [0.15, 0.2) is 18.5 Å². The zero-order valence-corrected chi connectivity index (χ0v) is 12.6. The molecule has 7 heteroatoms. The molecule has 1 fully saturated rings. The molecular formula is C15H17FN6. The Balaban J connectivity index is 1.96. The fraction of sp³-hybridized carbons (Fsp3) is 0.400. The van der Waals surface area contributed by atoms with Gasteiger partial charge in [0.2, 0.25) is 5.65 Å². The van der Waals surface area contributed by atoms with E-state index in [1.54, 1.807) is 19.3 Å². The number of aromatic nitrogens is 4. The molecule has 1 saturated heterocycles. The molecule has 3 aromatic rings. The first-order valence-corrected chi connectivity index (χ1v) is 7.37. The highest BCUT2D eigenvalue weighted by Gasteiger charge is 2.21. The van der Waals surface area contributed by atoms with Gasteiger partial charge in [0, 0.05) is 26.2 Å². The van der Waals surface area contributed by atoms with Crippen molar-refractivity contribution in [2.45, 2.75) is 6.92 Å². The van der Waals surface area contributed by atoms with Crippen LogP contribution in [0.4, 0.5) is 10.2 Å². The smallest absolute Gasteiger partial charge is 0.204 e. The second-order valence-corrected chi connectivity index (χ2v) is 5.81. The summed E-state index contributed by atoms with van der Waals surface area (Å²) in [7, 11) is 2.10. The maximum atomic E-state index is 14.5. The van der Waals surface area contributed by atoms with E-state index in [0.717, 1.165) is 26.2 Å². The molecule has 1 aromatic carbocycles. The summed E-state index contributed by atoms with van der Waals surface area (Å²) in [5.41, 5.74) is 2.35. The highest BCUT2D eigenvalue weighted by atomic mass is 19.1. The van der Waals surface area contributed by atoms with Crippen molar-refractivity contribution in [2.24, 2.45) is 0 Å². The Morgan fingerprint density at radius 3 is 2.68 bits per heavy atom. The predicted molar refractivity (Wildman–Crippen MR) is 82.7 cm³/mol. The average Bonchev–Trinajstić information content (AvgIpc) is 3.01. The van der Waals surface area contributed by atoms with Crippen LogP contribution in [0.2, 0.25) is 0 Å². The normalized spacial score (nSPS) is 16.8. The summed E-state index contributed by atoms with van der Waals surface area (Å²) in [4.78, 5) is 9.02. The first-order chi connectivity index (χ1) is 10.6. The summed E-state index contributed by atoms with van der Waals surface area (Å²) in [5, 5.41) is 8.18. The van der Waals surface area contributed by atoms with E-state index >= 15 is 0 Å². The topological polar surface area (TPSA) is 49.6 Å². The maximum Gasteiger partial charge on any atom is 0.204 e. The molecule has 22 heavy (non-hydrogen) atoms. The van der Waals surface area contributed by atoms with Gasteiger partial charge in [0.15, 0.2) is 11.6 Å². The van der Waals surface area contributed by atoms with Gasteiger partial charge in [-0.05, 0) is 25.6 Å². The number of benzene rings is 1. The number of nitrogens with zero attached hydrogens (tertiary/aromatic N) is 6. The molecule has 0 radical (unpaired) electrons. The SMILES string of the molecule is Cc1ccc2c(nc(N3CCN(C)CC3)c3nncn32)c1F. The van der Waals surface area contributed by atoms with Crippen LogP contribution in [0.5, 0.6) is 0 Å². The highest BCUT2D eigenvalue weighted by Crippen LogP contribution is 2.26. The Hall–Kier alpha value is -2.28. The fourth-order valence-electron chi connectivity index (χ4n) is 2.91. The van der Waals surface area contributed by atoms with E-state index in [9.17, 15) is 4.39 Å². The van der Waals surface area contributed by atoms with Gasteiger partial charge in [-0.1, -0.05) is 6.07 Å². The quantitative estimate of drug-likeness (QED) is 0.681. The fourth-order valence-corrected chi connectivity index (χ4v) is 2.91. The van der Waals surface area contributed by atoms with Crippen molar-refractivity contribution in [1.29, 1.82) is 0 Å². The van der Waals surface area contributed by atoms with Crippen molar-refractivity contribution in [3.63, 3.8) is 0 Å². The number of rotatable bonds is 1. The number of aryl methyl sites for hydroxylation is 1. The number of hydrogen-bond acceptors (Lipinski definition) is 5. The Kier molecular flexibility index (Phi) is 2.97. The van der Waals surface area contributed by atoms with Crippen LogP contribution in [-0.2, 0) is 0 Å². The molecule has 0 bridgehead atoms. The number of likely N-dealkylation sites (N-methyl/N-ethyl adjacent to an activating group) is 1. The van der Waals surface area contributed by atoms with Gasteiger partial charge in [0.1, 0.15) is 11.8 Å². The van der Waals surface area contributed by atoms with Crippen LogP contribution < -0.4 is 4.90 Å². The van der Waals surface area contributed by atoms with E-state index in [4.69, 9.17) is 0 Å². The van der Waals surface area contributed by atoms with E-state index in [1.807, 2.05) is 10.5 Å². The van der Waals surface area contributed by atoms with E-state index in [2.05, 4.69) is 32.0 Å². The standard InChI is InChI=1S/C15H17FN6/c1-10-3-4-11-13(12(10)16)18-14(15-19-17-9-22(11)15)21-7-5-20(2)6-8-21/h3-4,9H,5-8H2,1-2H3. The molecule has 0 unspecified atom stereocenters. The molecule has 114 valence electrons. The minimum absolute atomic E-state index is 0.275. The minimum atomic E-state index is -0.275. The molecule has 0 saturated carbocycles. The molecular weight excluding hydrogens is 283 g/mol. The van der Waals surface area contributed by atoms with Gasteiger partial charge in [-0.15, -0.1) is 10.2 Å². The van der Waals surface area contributed by atoms with Crippen LogP contribution in [0.25, 0.3) is 16.7 Å². The number of piperazine rings is 1. The first-order valence-electron chi connectivity index (χ1n) is 7.37. The number of fused-ring (bicyclic) bond motifs is 3. The molecule has 0 spiro atoms. The molecule has 0 N–H and O–H groups in total. The lowest BCUT2D eigenvalue weighted by Crippen LogP contribution is -2.45. The molecule has 0 atom stereocenters. The molecule has 0 amide bonds. The molecule has 0 aliphatic carbocycles. The lowest BCUT2D eigenvalue weighted by Gasteiger charge is -2.33. The van der Waals surface area contributed by atoms with E-state index in [1.165, 1.54) is 0 Å². The Bertz CT molecular complexity index is 850. The zero-order valence-electron chi connectivity index (χ0n) is 12.6. The number of hydrogen-bond donors (Lipinski definition) is 0. The number of anilines is 1. The molecule has 1 aliphatic heterocycles. The second-order valence-electron chi connectivity index (χ2n) is 5.81. The van der Waals surface area contributed by atoms with Crippen LogP contribution in [0.3, 0.4) is 0 Å². The van der Waals surface area contributed by atoms with Gasteiger partial charge in [0.25, 0.3) is 0 Å². The van der Waals surface area contributed by atoms with Crippen molar-refractivity contribution in [3.8, 4) is 0 Å². The maximum absolute atomic E-state index is 14.5. The molecule has 6 nitrogen and oxygen atoms in total. The van der Waals surface area contributed by atoms with Crippen molar-refractivity contribution >= 4 is 22.5 Å². The molecule has 4 rings (SSSR count). The summed E-state index contributed by atoms with van der Waals surface area (Å²) in [6, 6.07) is 3.62. The van der Waals surface area contributed by atoms with Crippen molar-refractivity contribution < 1.29 is 4.39 Å². The summed E-state index contributed by atoms with van der Waals surface area (Å²) in [6.45, 7) is 5.37. The van der Waals surface area contributed by atoms with Crippen molar-refractivity contribution in [3.05, 3.63) is 29.8 Å². The Morgan fingerprint density at radius 2 is 1.91 bits per heavy atom. The molecule has 1 aliphatic rings. The van der Waals surface area contributed by atoms with Gasteiger partial charge in [0.05, 0.1) is 5.52 Å². The van der Waals surface area contributed by atoms with E-state index in [0.29, 0.717) is 28.1 Å². The van der Waals surface area contributed by atoms with Crippen LogP contribution >= 0.6 is 0 Å². The summed E-state index contributed by atoms with van der Waals surface area (Å²) in [6.07, 6.45) is 1.62. The lowest BCUT2D eigenvalue weighted by molar-refractivity contribution is 0.312. The van der Waals surface area contributed by atoms with Crippen LogP contribution in [-0.4, -0.2) is 57.7 Å².